The number of rotatable bonds is 1. The van der Waals surface area contributed by atoms with Crippen LogP contribution >= 0.6 is 0 Å². The number of nitrogens with zero attached hydrogens (tertiary/aromatic N) is 1. The van der Waals surface area contributed by atoms with Crippen LogP contribution in [0.1, 0.15) is 25.3 Å². The fourth-order valence-corrected chi connectivity index (χ4v) is 2.39. The smallest absolute Gasteiger partial charge is 0.0794 e. The van der Waals surface area contributed by atoms with E-state index < -0.39 is 5.60 Å². The zero-order valence-electron chi connectivity index (χ0n) is 10.0. The molecule has 1 unspecified atom stereocenters. The lowest BCUT2D eigenvalue weighted by atomic mass is 9.94. The first-order valence-electron chi connectivity index (χ1n) is 5.81. The second kappa shape index (κ2) is 3.98. The molecule has 2 rings (SSSR count). The highest BCUT2D eigenvalue weighted by atomic mass is 16.3. The molecule has 1 saturated heterocycles. The first kappa shape index (κ1) is 11.3. The van der Waals surface area contributed by atoms with E-state index in [1.54, 1.807) is 0 Å². The predicted molar refractivity (Wildman–Crippen MR) is 67.7 cm³/mol. The van der Waals surface area contributed by atoms with Gasteiger partial charge in [0.1, 0.15) is 0 Å². The third kappa shape index (κ3) is 2.30. The lowest BCUT2D eigenvalue weighted by molar-refractivity contribution is 0.0450. The molecule has 0 spiro atoms. The minimum Gasteiger partial charge on any atom is -0.397 e. The lowest BCUT2D eigenvalue weighted by Gasteiger charge is -2.38. The summed E-state index contributed by atoms with van der Waals surface area (Å²) < 4.78 is 0. The minimum absolute atomic E-state index is 0.588. The number of β-amino-alcohol motifs (C(OH)–C–C–N with tert-alkyl or cyclic N) is 1. The van der Waals surface area contributed by atoms with Crippen LogP contribution in [0.25, 0.3) is 0 Å². The van der Waals surface area contributed by atoms with Crippen molar-refractivity contribution in [1.82, 2.24) is 0 Å². The Morgan fingerprint density at radius 1 is 1.44 bits per heavy atom. The Hall–Kier alpha value is -1.22. The molecule has 0 amide bonds. The van der Waals surface area contributed by atoms with Crippen LogP contribution in [-0.2, 0) is 0 Å². The van der Waals surface area contributed by atoms with E-state index >= 15 is 0 Å². The number of hydrogen-bond acceptors (Lipinski definition) is 3. The number of piperidine rings is 1. The fourth-order valence-electron chi connectivity index (χ4n) is 2.39. The second-order valence-corrected chi connectivity index (χ2v) is 5.08. The summed E-state index contributed by atoms with van der Waals surface area (Å²) in [5.74, 6) is 0. The maximum Gasteiger partial charge on any atom is 0.0794 e. The fraction of sp³-hybridized carbons (Fsp3) is 0.538. The van der Waals surface area contributed by atoms with Gasteiger partial charge in [0.15, 0.2) is 0 Å². The molecule has 3 nitrogen and oxygen atoms in total. The van der Waals surface area contributed by atoms with Crippen LogP contribution in [-0.4, -0.2) is 23.8 Å². The van der Waals surface area contributed by atoms with Crippen LogP contribution in [0.2, 0.25) is 0 Å². The number of aliphatic hydroxyl groups is 1. The largest absolute Gasteiger partial charge is 0.397 e. The van der Waals surface area contributed by atoms with Gasteiger partial charge in [0, 0.05) is 13.1 Å². The summed E-state index contributed by atoms with van der Waals surface area (Å²) in [4.78, 5) is 2.18. The summed E-state index contributed by atoms with van der Waals surface area (Å²) in [6.45, 7) is 5.57. The summed E-state index contributed by atoms with van der Waals surface area (Å²) in [6, 6.07) is 6.10. The molecule has 0 saturated carbocycles. The Bertz CT molecular complexity index is 388. The third-order valence-corrected chi connectivity index (χ3v) is 3.20. The molecular formula is C13H20N2O. The number of anilines is 2. The van der Waals surface area contributed by atoms with Crippen molar-refractivity contribution >= 4 is 11.4 Å². The first-order chi connectivity index (χ1) is 7.48. The van der Waals surface area contributed by atoms with Crippen molar-refractivity contribution in [3.63, 3.8) is 0 Å². The number of aryl methyl sites for hydroxylation is 1. The predicted octanol–water partition coefficient (Wildman–Crippen LogP) is 1.93. The van der Waals surface area contributed by atoms with Crippen molar-refractivity contribution in [3.8, 4) is 0 Å². The molecule has 1 atom stereocenters. The van der Waals surface area contributed by atoms with Gasteiger partial charge in [0.05, 0.1) is 17.0 Å². The Labute approximate surface area is 96.9 Å². The highest BCUT2D eigenvalue weighted by Crippen LogP contribution is 2.30. The average molecular weight is 220 g/mol. The number of nitrogens with two attached hydrogens (primary N) is 1. The van der Waals surface area contributed by atoms with E-state index in [4.69, 9.17) is 5.73 Å². The quantitative estimate of drug-likeness (QED) is 0.711. The summed E-state index contributed by atoms with van der Waals surface area (Å²) in [5.41, 5.74) is 8.45. The van der Waals surface area contributed by atoms with Crippen molar-refractivity contribution in [2.45, 2.75) is 32.3 Å². The van der Waals surface area contributed by atoms with E-state index in [-0.39, 0.29) is 0 Å². The van der Waals surface area contributed by atoms with Gasteiger partial charge < -0.3 is 15.7 Å². The SMILES string of the molecule is Cc1ccc(N2CCCC(C)(O)C2)c(N)c1. The van der Waals surface area contributed by atoms with Crippen molar-refractivity contribution in [2.24, 2.45) is 0 Å². The average Bonchev–Trinajstić information content (AvgIpc) is 2.15. The number of nitrogen functional groups attached to an aromatic ring is 1. The van der Waals surface area contributed by atoms with E-state index in [0.29, 0.717) is 6.54 Å². The molecule has 1 aromatic carbocycles. The summed E-state index contributed by atoms with van der Waals surface area (Å²) in [5, 5.41) is 10.1. The topological polar surface area (TPSA) is 49.5 Å². The molecule has 1 aliphatic heterocycles. The van der Waals surface area contributed by atoms with Crippen LogP contribution in [0.4, 0.5) is 11.4 Å². The molecule has 1 fully saturated rings. The highest BCUT2D eigenvalue weighted by molar-refractivity contribution is 5.68. The van der Waals surface area contributed by atoms with Gasteiger partial charge in [-0.25, -0.2) is 0 Å². The summed E-state index contributed by atoms with van der Waals surface area (Å²) >= 11 is 0. The lowest BCUT2D eigenvalue weighted by Crippen LogP contribution is -2.46. The van der Waals surface area contributed by atoms with Crippen molar-refractivity contribution in [3.05, 3.63) is 23.8 Å². The van der Waals surface area contributed by atoms with Crippen LogP contribution in [0, 0.1) is 6.92 Å². The van der Waals surface area contributed by atoms with Gasteiger partial charge in [-0.15, -0.1) is 0 Å². The molecule has 1 heterocycles. The summed E-state index contributed by atoms with van der Waals surface area (Å²) in [6.07, 6.45) is 1.88. The van der Waals surface area contributed by atoms with E-state index in [9.17, 15) is 5.11 Å². The standard InChI is InChI=1S/C13H20N2O/c1-10-4-5-12(11(14)8-10)15-7-3-6-13(2,16)9-15/h4-5,8,16H,3,6-7,9,14H2,1-2H3. The maximum absolute atomic E-state index is 10.1. The zero-order chi connectivity index (χ0) is 11.8. The van der Waals surface area contributed by atoms with E-state index in [0.717, 1.165) is 30.8 Å². The molecule has 16 heavy (non-hydrogen) atoms. The maximum atomic E-state index is 10.1. The van der Waals surface area contributed by atoms with Crippen LogP contribution in [0.5, 0.6) is 0 Å². The molecule has 0 radical (unpaired) electrons. The van der Waals surface area contributed by atoms with Crippen molar-refractivity contribution in [2.75, 3.05) is 23.7 Å². The highest BCUT2D eigenvalue weighted by Gasteiger charge is 2.29. The van der Waals surface area contributed by atoms with Gasteiger partial charge in [0.2, 0.25) is 0 Å². The van der Waals surface area contributed by atoms with E-state index in [1.807, 2.05) is 26.0 Å². The molecule has 1 aliphatic rings. The first-order valence-corrected chi connectivity index (χ1v) is 5.81. The molecule has 0 bridgehead atoms. The Kier molecular flexibility index (Phi) is 2.80. The molecule has 3 N–H and O–H groups in total. The van der Waals surface area contributed by atoms with Crippen molar-refractivity contribution < 1.29 is 5.11 Å². The minimum atomic E-state index is -0.588. The number of benzene rings is 1. The molecule has 3 heteroatoms. The van der Waals surface area contributed by atoms with Crippen LogP contribution in [0.3, 0.4) is 0 Å². The normalized spacial score (nSPS) is 25.8. The van der Waals surface area contributed by atoms with E-state index in [2.05, 4.69) is 11.0 Å². The number of hydrogen-bond donors (Lipinski definition) is 2. The Morgan fingerprint density at radius 2 is 2.19 bits per heavy atom. The van der Waals surface area contributed by atoms with Gasteiger partial charge in [-0.3, -0.25) is 0 Å². The van der Waals surface area contributed by atoms with Gasteiger partial charge in [-0.05, 0) is 44.4 Å². The van der Waals surface area contributed by atoms with Gasteiger partial charge in [-0.1, -0.05) is 6.07 Å². The van der Waals surface area contributed by atoms with Crippen LogP contribution < -0.4 is 10.6 Å². The van der Waals surface area contributed by atoms with Crippen molar-refractivity contribution in [1.29, 1.82) is 0 Å². The summed E-state index contributed by atoms with van der Waals surface area (Å²) in [7, 11) is 0. The molecule has 0 aliphatic carbocycles. The molecule has 0 aromatic heterocycles. The molecule has 1 aromatic rings. The van der Waals surface area contributed by atoms with E-state index in [1.165, 1.54) is 5.56 Å². The molecule has 88 valence electrons. The Morgan fingerprint density at radius 3 is 2.81 bits per heavy atom. The third-order valence-electron chi connectivity index (χ3n) is 3.20. The molecular weight excluding hydrogens is 200 g/mol. The Balaban J connectivity index is 2.23. The zero-order valence-corrected chi connectivity index (χ0v) is 10.0. The monoisotopic (exact) mass is 220 g/mol. The van der Waals surface area contributed by atoms with Gasteiger partial charge in [0.25, 0.3) is 0 Å². The van der Waals surface area contributed by atoms with Gasteiger partial charge >= 0.3 is 0 Å². The second-order valence-electron chi connectivity index (χ2n) is 5.08. The van der Waals surface area contributed by atoms with Gasteiger partial charge in [-0.2, -0.15) is 0 Å². The van der Waals surface area contributed by atoms with Crippen LogP contribution in [0.15, 0.2) is 18.2 Å².